The van der Waals surface area contributed by atoms with Gasteiger partial charge in [-0.05, 0) is 44.4 Å². The van der Waals surface area contributed by atoms with Crippen molar-refractivity contribution in [2.75, 3.05) is 6.54 Å². The van der Waals surface area contributed by atoms with Crippen LogP contribution in [0.4, 0.5) is 0 Å². The van der Waals surface area contributed by atoms with E-state index >= 15 is 0 Å². The molecule has 29 heavy (non-hydrogen) atoms. The Bertz CT molecular complexity index is 1170. The van der Waals surface area contributed by atoms with Crippen molar-refractivity contribution < 1.29 is 0 Å². The first-order valence-electron chi connectivity index (χ1n) is 10.3. The van der Waals surface area contributed by atoms with E-state index in [4.69, 9.17) is 4.98 Å². The third-order valence-corrected chi connectivity index (χ3v) is 6.30. The molecule has 0 amide bonds. The van der Waals surface area contributed by atoms with Crippen molar-refractivity contribution >= 4 is 11.2 Å². The average molecular weight is 396 g/mol. The number of rotatable bonds is 4. The second-order valence-electron chi connectivity index (χ2n) is 8.23. The van der Waals surface area contributed by atoms with Crippen LogP contribution in [0, 0.1) is 6.92 Å². The van der Waals surface area contributed by atoms with Gasteiger partial charge in [0.15, 0.2) is 11.2 Å². The Morgan fingerprint density at radius 2 is 1.83 bits per heavy atom. The van der Waals surface area contributed by atoms with E-state index in [1.54, 1.807) is 7.05 Å². The van der Waals surface area contributed by atoms with Crippen LogP contribution in [0.2, 0.25) is 0 Å². The Kier molecular flexibility index (Phi) is 5.17. The van der Waals surface area contributed by atoms with Gasteiger partial charge >= 0.3 is 5.69 Å². The molecule has 1 aliphatic rings. The number of aryl methyl sites for hydroxylation is 2. The zero-order valence-electron chi connectivity index (χ0n) is 17.7. The quantitative estimate of drug-likeness (QED) is 0.679. The summed E-state index contributed by atoms with van der Waals surface area (Å²) < 4.78 is 4.67. The smallest absolute Gasteiger partial charge is 0.317 e. The maximum Gasteiger partial charge on any atom is 0.332 e. The van der Waals surface area contributed by atoms with E-state index in [2.05, 4.69) is 30.9 Å². The summed E-state index contributed by atoms with van der Waals surface area (Å²) in [4.78, 5) is 32.7. The summed E-state index contributed by atoms with van der Waals surface area (Å²) in [5.41, 5.74) is 2.65. The molecule has 0 N–H and O–H groups in total. The maximum absolute atomic E-state index is 13.0. The minimum atomic E-state index is -0.346. The van der Waals surface area contributed by atoms with Crippen molar-refractivity contribution in [1.82, 2.24) is 23.6 Å². The molecule has 0 unspecified atom stereocenters. The molecule has 0 saturated carbocycles. The van der Waals surface area contributed by atoms with Crippen LogP contribution >= 0.6 is 0 Å². The van der Waals surface area contributed by atoms with Crippen LogP contribution in [0.5, 0.6) is 0 Å². The molecule has 4 rings (SSSR count). The number of hydrogen-bond donors (Lipinski definition) is 0. The van der Waals surface area contributed by atoms with Gasteiger partial charge in [-0.1, -0.05) is 30.7 Å². The Morgan fingerprint density at radius 3 is 2.55 bits per heavy atom. The van der Waals surface area contributed by atoms with Crippen LogP contribution in [-0.4, -0.2) is 36.2 Å². The summed E-state index contributed by atoms with van der Waals surface area (Å²) in [6, 6.07) is 8.68. The molecule has 3 heterocycles. The van der Waals surface area contributed by atoms with Gasteiger partial charge in [-0.3, -0.25) is 18.8 Å². The third-order valence-electron chi connectivity index (χ3n) is 6.30. The number of piperidine rings is 1. The molecule has 154 valence electrons. The Labute approximate surface area is 170 Å². The van der Waals surface area contributed by atoms with E-state index in [1.807, 2.05) is 16.7 Å². The summed E-state index contributed by atoms with van der Waals surface area (Å²) in [6.07, 6.45) is 3.62. The van der Waals surface area contributed by atoms with E-state index in [1.165, 1.54) is 41.0 Å². The fourth-order valence-electron chi connectivity index (χ4n) is 4.31. The zero-order chi connectivity index (χ0) is 20.7. The SMILES string of the molecule is Cc1ccccc1Cn1c(CN2CCCC[C@@H]2C)nc2c1c(=O)n(C)c(=O)n2C. The lowest BCUT2D eigenvalue weighted by Crippen LogP contribution is -2.38. The predicted molar refractivity (Wildman–Crippen MR) is 114 cm³/mol. The summed E-state index contributed by atoms with van der Waals surface area (Å²) in [7, 11) is 3.21. The van der Waals surface area contributed by atoms with E-state index in [0.717, 1.165) is 17.9 Å². The van der Waals surface area contributed by atoms with Crippen LogP contribution in [0.3, 0.4) is 0 Å². The van der Waals surface area contributed by atoms with Gasteiger partial charge in [-0.15, -0.1) is 0 Å². The van der Waals surface area contributed by atoms with Crippen LogP contribution in [-0.2, 0) is 27.2 Å². The second kappa shape index (κ2) is 7.63. The monoisotopic (exact) mass is 395 g/mol. The standard InChI is InChI=1S/C22H29N5O2/c1-15-9-5-6-11-17(15)13-27-18(14-26-12-8-7-10-16(26)2)23-20-19(27)21(28)25(4)22(29)24(20)3/h5-6,9,11,16H,7-8,10,12-14H2,1-4H3/t16-/m0/s1. The molecular formula is C22H29N5O2. The molecule has 7 nitrogen and oxygen atoms in total. The van der Waals surface area contributed by atoms with Gasteiger partial charge in [0.05, 0.1) is 6.54 Å². The number of nitrogens with zero attached hydrogens (tertiary/aromatic N) is 5. The van der Waals surface area contributed by atoms with Crippen molar-refractivity contribution in [2.45, 2.75) is 52.2 Å². The van der Waals surface area contributed by atoms with Gasteiger partial charge < -0.3 is 4.57 Å². The van der Waals surface area contributed by atoms with Gasteiger partial charge in [0.25, 0.3) is 5.56 Å². The number of hydrogen-bond acceptors (Lipinski definition) is 4. The van der Waals surface area contributed by atoms with Crippen molar-refractivity contribution in [3.63, 3.8) is 0 Å². The molecule has 1 aromatic carbocycles. The van der Waals surface area contributed by atoms with Crippen molar-refractivity contribution in [3.8, 4) is 0 Å². The highest BCUT2D eigenvalue weighted by Gasteiger charge is 2.24. The lowest BCUT2D eigenvalue weighted by Gasteiger charge is -2.33. The first-order chi connectivity index (χ1) is 13.9. The highest BCUT2D eigenvalue weighted by atomic mass is 16.2. The lowest BCUT2D eigenvalue weighted by molar-refractivity contribution is 0.147. The predicted octanol–water partition coefficient (Wildman–Crippen LogP) is 2.16. The molecule has 1 aliphatic heterocycles. The lowest BCUT2D eigenvalue weighted by atomic mass is 10.0. The molecular weight excluding hydrogens is 366 g/mol. The molecule has 1 atom stereocenters. The van der Waals surface area contributed by atoms with Crippen molar-refractivity contribution in [3.05, 3.63) is 62.1 Å². The number of fused-ring (bicyclic) bond motifs is 1. The van der Waals surface area contributed by atoms with Crippen LogP contribution in [0.15, 0.2) is 33.9 Å². The number of aromatic nitrogens is 4. The summed E-state index contributed by atoms with van der Waals surface area (Å²) in [5.74, 6) is 0.843. The summed E-state index contributed by atoms with van der Waals surface area (Å²) in [6.45, 7) is 6.61. The molecule has 0 spiro atoms. The number of benzene rings is 1. The van der Waals surface area contributed by atoms with E-state index in [0.29, 0.717) is 30.3 Å². The van der Waals surface area contributed by atoms with Gasteiger partial charge in [0, 0.05) is 26.7 Å². The van der Waals surface area contributed by atoms with Gasteiger partial charge in [0.1, 0.15) is 5.82 Å². The van der Waals surface area contributed by atoms with Gasteiger partial charge in [-0.2, -0.15) is 0 Å². The van der Waals surface area contributed by atoms with Crippen LogP contribution in [0.25, 0.3) is 11.2 Å². The second-order valence-corrected chi connectivity index (χ2v) is 8.23. The fraction of sp³-hybridized carbons (Fsp3) is 0.500. The largest absolute Gasteiger partial charge is 0.332 e. The summed E-state index contributed by atoms with van der Waals surface area (Å²) >= 11 is 0. The normalized spacial score (nSPS) is 17.9. The maximum atomic E-state index is 13.0. The van der Waals surface area contributed by atoms with E-state index < -0.39 is 0 Å². The highest BCUT2D eigenvalue weighted by molar-refractivity contribution is 5.71. The first kappa shape index (κ1) is 19.6. The highest BCUT2D eigenvalue weighted by Crippen LogP contribution is 2.22. The van der Waals surface area contributed by atoms with Crippen molar-refractivity contribution in [2.24, 2.45) is 14.1 Å². The van der Waals surface area contributed by atoms with E-state index in [-0.39, 0.29) is 11.2 Å². The number of likely N-dealkylation sites (tertiary alicyclic amines) is 1. The Hall–Kier alpha value is -2.67. The van der Waals surface area contributed by atoms with Crippen LogP contribution < -0.4 is 11.2 Å². The minimum absolute atomic E-state index is 0.290. The fourth-order valence-corrected chi connectivity index (χ4v) is 4.31. The van der Waals surface area contributed by atoms with Crippen LogP contribution in [0.1, 0.15) is 43.1 Å². The number of imidazole rings is 1. The molecule has 0 bridgehead atoms. The topological polar surface area (TPSA) is 65.1 Å². The Morgan fingerprint density at radius 1 is 1.07 bits per heavy atom. The molecule has 1 fully saturated rings. The molecule has 3 aromatic rings. The van der Waals surface area contributed by atoms with E-state index in [9.17, 15) is 9.59 Å². The Balaban J connectivity index is 1.90. The first-order valence-corrected chi connectivity index (χ1v) is 10.3. The van der Waals surface area contributed by atoms with Gasteiger partial charge in [-0.25, -0.2) is 9.78 Å². The molecule has 0 aliphatic carbocycles. The molecule has 1 saturated heterocycles. The van der Waals surface area contributed by atoms with Crippen molar-refractivity contribution in [1.29, 1.82) is 0 Å². The minimum Gasteiger partial charge on any atom is -0.317 e. The average Bonchev–Trinajstić information content (AvgIpc) is 3.06. The molecule has 7 heteroatoms. The molecule has 2 aromatic heterocycles. The molecule has 0 radical (unpaired) electrons. The zero-order valence-corrected chi connectivity index (χ0v) is 17.7. The summed E-state index contributed by atoms with van der Waals surface area (Å²) in [5, 5.41) is 0. The third kappa shape index (κ3) is 3.44. The van der Waals surface area contributed by atoms with Gasteiger partial charge in [0.2, 0.25) is 0 Å².